The van der Waals surface area contributed by atoms with Gasteiger partial charge in [-0.25, -0.2) is 0 Å². The number of hydrogen-bond donors (Lipinski definition) is 1. The van der Waals surface area contributed by atoms with E-state index in [9.17, 15) is 4.79 Å². The Morgan fingerprint density at radius 3 is 2.53 bits per heavy atom. The van der Waals surface area contributed by atoms with E-state index in [1.165, 1.54) is 5.56 Å². The first kappa shape index (κ1) is 19.6. The largest absolute Gasteiger partial charge is 0.352 e. The smallest absolute Gasteiger partial charge is 0.274 e. The molecule has 0 saturated carbocycles. The van der Waals surface area contributed by atoms with Crippen LogP contribution in [0.3, 0.4) is 0 Å². The van der Waals surface area contributed by atoms with Crippen LogP contribution in [0.4, 0.5) is 0 Å². The van der Waals surface area contributed by atoms with Gasteiger partial charge in [-0.1, -0.05) is 65.8 Å². The van der Waals surface area contributed by atoms with Crippen molar-refractivity contribution in [1.82, 2.24) is 20.0 Å². The SMILES string of the molecule is C[C@H](CCc1ccccc1)NC(=O)Cn1cccc1-c1nc(-c2ccccc2)no1. The van der Waals surface area contributed by atoms with Crippen LogP contribution in [0, 0.1) is 0 Å². The Morgan fingerprint density at radius 2 is 1.77 bits per heavy atom. The third kappa shape index (κ3) is 4.84. The molecule has 0 aliphatic carbocycles. The van der Waals surface area contributed by atoms with E-state index in [0.29, 0.717) is 11.7 Å². The van der Waals surface area contributed by atoms with Gasteiger partial charge in [-0.2, -0.15) is 4.98 Å². The maximum absolute atomic E-state index is 12.5. The lowest BCUT2D eigenvalue weighted by Gasteiger charge is -2.15. The van der Waals surface area contributed by atoms with Crippen molar-refractivity contribution in [3.8, 4) is 23.0 Å². The molecule has 0 bridgehead atoms. The zero-order valence-electron chi connectivity index (χ0n) is 16.9. The molecule has 152 valence electrons. The van der Waals surface area contributed by atoms with E-state index in [-0.39, 0.29) is 18.5 Å². The predicted molar refractivity (Wildman–Crippen MR) is 116 cm³/mol. The van der Waals surface area contributed by atoms with E-state index in [1.807, 2.05) is 78.4 Å². The fourth-order valence-electron chi connectivity index (χ4n) is 3.35. The number of rotatable bonds is 8. The summed E-state index contributed by atoms with van der Waals surface area (Å²) in [6.07, 6.45) is 3.66. The van der Waals surface area contributed by atoms with Gasteiger partial charge in [-0.05, 0) is 37.5 Å². The van der Waals surface area contributed by atoms with E-state index in [2.05, 4.69) is 27.6 Å². The molecular weight excluding hydrogens is 376 g/mol. The van der Waals surface area contributed by atoms with Crippen molar-refractivity contribution < 1.29 is 9.32 Å². The number of hydrogen-bond acceptors (Lipinski definition) is 4. The van der Waals surface area contributed by atoms with Crippen molar-refractivity contribution in [1.29, 1.82) is 0 Å². The molecule has 1 N–H and O–H groups in total. The maximum Gasteiger partial charge on any atom is 0.274 e. The van der Waals surface area contributed by atoms with Gasteiger partial charge in [0, 0.05) is 17.8 Å². The highest BCUT2D eigenvalue weighted by molar-refractivity contribution is 5.76. The molecule has 6 nitrogen and oxygen atoms in total. The quantitative estimate of drug-likeness (QED) is 0.477. The normalized spacial score (nSPS) is 11.9. The monoisotopic (exact) mass is 400 g/mol. The van der Waals surface area contributed by atoms with Gasteiger partial charge in [-0.3, -0.25) is 4.79 Å². The minimum atomic E-state index is -0.0455. The van der Waals surface area contributed by atoms with Gasteiger partial charge in [0.25, 0.3) is 5.89 Å². The first-order valence-corrected chi connectivity index (χ1v) is 10.1. The Balaban J connectivity index is 1.36. The molecule has 2 aromatic heterocycles. The van der Waals surface area contributed by atoms with Gasteiger partial charge < -0.3 is 14.4 Å². The molecule has 0 radical (unpaired) electrons. The molecule has 2 heterocycles. The summed E-state index contributed by atoms with van der Waals surface area (Å²) < 4.78 is 7.26. The summed E-state index contributed by atoms with van der Waals surface area (Å²) in [5.74, 6) is 0.872. The topological polar surface area (TPSA) is 73.0 Å². The summed E-state index contributed by atoms with van der Waals surface area (Å²) in [6.45, 7) is 2.22. The number of amides is 1. The van der Waals surface area contributed by atoms with E-state index in [1.54, 1.807) is 0 Å². The summed E-state index contributed by atoms with van der Waals surface area (Å²) in [4.78, 5) is 17.0. The number of nitrogens with one attached hydrogen (secondary N) is 1. The molecule has 1 amide bonds. The first-order chi connectivity index (χ1) is 14.7. The lowest BCUT2D eigenvalue weighted by molar-refractivity contribution is -0.122. The zero-order chi connectivity index (χ0) is 20.8. The van der Waals surface area contributed by atoms with E-state index in [4.69, 9.17) is 4.52 Å². The number of nitrogens with zero attached hydrogens (tertiary/aromatic N) is 3. The highest BCUT2D eigenvalue weighted by Crippen LogP contribution is 2.22. The Hall–Kier alpha value is -3.67. The zero-order valence-corrected chi connectivity index (χ0v) is 16.9. The minimum Gasteiger partial charge on any atom is -0.352 e. The van der Waals surface area contributed by atoms with Crippen molar-refractivity contribution >= 4 is 5.91 Å². The number of benzene rings is 2. The standard InChI is InChI=1S/C24H24N4O2/c1-18(14-15-19-9-4-2-5-10-19)25-22(29)17-28-16-8-13-21(28)24-26-23(27-30-24)20-11-6-3-7-12-20/h2-13,16,18H,14-15,17H2,1H3,(H,25,29)/t18-/m1/s1. The van der Waals surface area contributed by atoms with Gasteiger partial charge >= 0.3 is 0 Å². The van der Waals surface area contributed by atoms with Gasteiger partial charge in [0.15, 0.2) is 0 Å². The summed E-state index contributed by atoms with van der Waals surface area (Å²) in [5, 5.41) is 7.14. The average molecular weight is 400 g/mol. The summed E-state index contributed by atoms with van der Waals surface area (Å²) in [5.41, 5.74) is 2.88. The van der Waals surface area contributed by atoms with Crippen LogP contribution in [0.2, 0.25) is 0 Å². The summed E-state index contributed by atoms with van der Waals surface area (Å²) in [7, 11) is 0. The molecule has 0 fully saturated rings. The molecule has 6 heteroatoms. The molecule has 0 aliphatic heterocycles. The number of carbonyl (C=O) groups is 1. The molecular formula is C24H24N4O2. The Kier molecular flexibility index (Phi) is 6.03. The Labute approximate surface area is 175 Å². The van der Waals surface area contributed by atoms with Crippen LogP contribution in [0.15, 0.2) is 83.5 Å². The Bertz CT molecular complexity index is 1090. The molecule has 4 aromatic rings. The summed E-state index contributed by atoms with van der Waals surface area (Å²) in [6, 6.07) is 23.8. The van der Waals surface area contributed by atoms with E-state index in [0.717, 1.165) is 24.1 Å². The molecule has 30 heavy (non-hydrogen) atoms. The van der Waals surface area contributed by atoms with Crippen molar-refractivity contribution in [2.45, 2.75) is 32.4 Å². The van der Waals surface area contributed by atoms with Crippen LogP contribution in [0.25, 0.3) is 23.0 Å². The lowest BCUT2D eigenvalue weighted by atomic mass is 10.1. The van der Waals surface area contributed by atoms with Gasteiger partial charge in [0.1, 0.15) is 12.2 Å². The number of aromatic nitrogens is 3. The van der Waals surface area contributed by atoms with Crippen LogP contribution < -0.4 is 5.32 Å². The highest BCUT2D eigenvalue weighted by Gasteiger charge is 2.16. The second-order valence-electron chi connectivity index (χ2n) is 7.30. The molecule has 0 aliphatic rings. The van der Waals surface area contributed by atoms with E-state index >= 15 is 0 Å². The van der Waals surface area contributed by atoms with Crippen LogP contribution in [0.1, 0.15) is 18.9 Å². The van der Waals surface area contributed by atoms with Crippen LogP contribution in [-0.2, 0) is 17.8 Å². The maximum atomic E-state index is 12.5. The fraction of sp³-hybridized carbons (Fsp3) is 0.208. The van der Waals surface area contributed by atoms with Crippen molar-refractivity contribution in [3.05, 3.63) is 84.6 Å². The third-order valence-electron chi connectivity index (χ3n) is 4.94. The predicted octanol–water partition coefficient (Wildman–Crippen LogP) is 4.34. The lowest BCUT2D eigenvalue weighted by Crippen LogP contribution is -2.35. The third-order valence-corrected chi connectivity index (χ3v) is 4.94. The molecule has 1 atom stereocenters. The van der Waals surface area contributed by atoms with Gasteiger partial charge in [0.05, 0.1) is 0 Å². The van der Waals surface area contributed by atoms with Crippen molar-refractivity contribution in [2.75, 3.05) is 0 Å². The second-order valence-corrected chi connectivity index (χ2v) is 7.30. The second kappa shape index (κ2) is 9.22. The molecule has 4 rings (SSSR count). The molecule has 0 unspecified atom stereocenters. The fourth-order valence-corrected chi connectivity index (χ4v) is 3.35. The Morgan fingerprint density at radius 1 is 1.03 bits per heavy atom. The van der Waals surface area contributed by atoms with Crippen LogP contribution in [-0.4, -0.2) is 26.7 Å². The summed E-state index contributed by atoms with van der Waals surface area (Å²) >= 11 is 0. The van der Waals surface area contributed by atoms with Crippen molar-refractivity contribution in [2.24, 2.45) is 0 Å². The average Bonchev–Trinajstić information content (AvgIpc) is 3.43. The molecule has 2 aromatic carbocycles. The van der Waals surface area contributed by atoms with Crippen LogP contribution in [0.5, 0.6) is 0 Å². The van der Waals surface area contributed by atoms with Crippen molar-refractivity contribution in [3.63, 3.8) is 0 Å². The molecule has 0 saturated heterocycles. The van der Waals surface area contributed by atoms with Crippen LogP contribution >= 0.6 is 0 Å². The van der Waals surface area contributed by atoms with Gasteiger partial charge in [0.2, 0.25) is 11.7 Å². The first-order valence-electron chi connectivity index (χ1n) is 10.1. The van der Waals surface area contributed by atoms with Gasteiger partial charge in [-0.15, -0.1) is 0 Å². The number of carbonyl (C=O) groups excluding carboxylic acids is 1. The van der Waals surface area contributed by atoms with E-state index < -0.39 is 0 Å². The number of aryl methyl sites for hydroxylation is 1. The highest BCUT2D eigenvalue weighted by atomic mass is 16.5. The minimum absolute atomic E-state index is 0.0455. The molecule has 0 spiro atoms.